The van der Waals surface area contributed by atoms with Gasteiger partial charge in [-0.1, -0.05) is 5.16 Å². The Bertz CT molecular complexity index is 349. The van der Waals surface area contributed by atoms with Gasteiger partial charge in [-0.3, -0.25) is 4.79 Å². The fourth-order valence-electron chi connectivity index (χ4n) is 0.919. The average Bonchev–Trinajstić information content (AvgIpc) is 2.10. The van der Waals surface area contributed by atoms with Crippen molar-refractivity contribution in [1.29, 1.82) is 0 Å². The Balaban J connectivity index is 4.49. The summed E-state index contributed by atoms with van der Waals surface area (Å²) in [7, 11) is -3.36. The summed E-state index contributed by atoms with van der Waals surface area (Å²) in [5, 5.41) is 11.0. The number of hydrogen-bond donors (Lipinski definition) is 2. The summed E-state index contributed by atoms with van der Waals surface area (Å²) in [5.74, 6) is -1.27. The molecule has 0 heterocycles. The Morgan fingerprint density at radius 2 is 2.07 bits per heavy atom. The van der Waals surface area contributed by atoms with Gasteiger partial charge in [0.1, 0.15) is 5.75 Å². The van der Waals surface area contributed by atoms with E-state index in [0.29, 0.717) is 6.54 Å². The van der Waals surface area contributed by atoms with Gasteiger partial charge in [-0.25, -0.2) is 8.42 Å². The molecule has 88 valence electrons. The number of hydrogen-bond acceptors (Lipinski definition) is 5. The topological polar surface area (TPSA) is 113 Å². The van der Waals surface area contributed by atoms with Gasteiger partial charge in [0.05, 0.1) is 6.54 Å². The second kappa shape index (κ2) is 5.54. The van der Waals surface area contributed by atoms with E-state index in [0.717, 1.165) is 6.26 Å². The normalized spacial score (nSPS) is 12.5. The Morgan fingerprint density at radius 3 is 2.40 bits per heavy atom. The minimum Gasteiger partial charge on any atom is -0.409 e. The molecule has 0 aromatic carbocycles. The molecule has 8 heteroatoms. The fourth-order valence-corrected chi connectivity index (χ4v) is 1.55. The van der Waals surface area contributed by atoms with Gasteiger partial charge < -0.3 is 15.8 Å². The van der Waals surface area contributed by atoms with Crippen molar-refractivity contribution in [3.63, 3.8) is 0 Å². The van der Waals surface area contributed by atoms with Crippen LogP contribution in [0.3, 0.4) is 0 Å². The highest BCUT2D eigenvalue weighted by molar-refractivity contribution is 7.91. The molecule has 0 fully saturated rings. The van der Waals surface area contributed by atoms with E-state index in [2.05, 4.69) is 5.16 Å². The molecule has 1 amide bonds. The van der Waals surface area contributed by atoms with Crippen LogP contribution in [0.4, 0.5) is 0 Å². The predicted molar refractivity (Wildman–Crippen MR) is 55.4 cm³/mol. The Hall–Kier alpha value is -1.31. The van der Waals surface area contributed by atoms with Crippen LogP contribution < -0.4 is 5.73 Å². The zero-order valence-electron chi connectivity index (χ0n) is 8.67. The van der Waals surface area contributed by atoms with Crippen molar-refractivity contribution in [3.05, 3.63) is 0 Å². The molecule has 0 atom stereocenters. The van der Waals surface area contributed by atoms with Crippen LogP contribution in [0.25, 0.3) is 0 Å². The largest absolute Gasteiger partial charge is 0.409 e. The molecule has 0 aliphatic heterocycles. The minimum absolute atomic E-state index is 0.0820. The van der Waals surface area contributed by atoms with Crippen LogP contribution in [0, 0.1) is 0 Å². The average molecular weight is 237 g/mol. The molecule has 0 aliphatic carbocycles. The Morgan fingerprint density at radius 1 is 1.53 bits per heavy atom. The third kappa shape index (κ3) is 5.89. The molecule has 15 heavy (non-hydrogen) atoms. The van der Waals surface area contributed by atoms with E-state index in [1.165, 1.54) is 4.90 Å². The lowest BCUT2D eigenvalue weighted by Crippen LogP contribution is -2.41. The van der Waals surface area contributed by atoms with E-state index in [1.807, 2.05) is 0 Å². The van der Waals surface area contributed by atoms with Crippen molar-refractivity contribution in [2.24, 2.45) is 10.9 Å². The molecular formula is C7H15N3O4S. The second-order valence-corrected chi connectivity index (χ2v) is 5.21. The lowest BCUT2D eigenvalue weighted by molar-refractivity contribution is -0.127. The number of carbonyl (C=O) groups excluding carboxylic acids is 1. The highest BCUT2D eigenvalue weighted by Gasteiger charge is 2.18. The number of amidine groups is 1. The molecular weight excluding hydrogens is 222 g/mol. The number of nitrogens with zero attached hydrogens (tertiary/aromatic N) is 2. The number of carbonyl (C=O) groups is 1. The third-order valence-corrected chi connectivity index (χ3v) is 2.37. The van der Waals surface area contributed by atoms with E-state index in [9.17, 15) is 13.2 Å². The first-order chi connectivity index (χ1) is 6.80. The van der Waals surface area contributed by atoms with Gasteiger partial charge in [-0.2, -0.15) is 0 Å². The monoisotopic (exact) mass is 237 g/mol. The van der Waals surface area contributed by atoms with E-state index in [-0.39, 0.29) is 12.4 Å². The number of likely N-dealkylation sites (N-methyl/N-ethyl adjacent to an activating group) is 1. The van der Waals surface area contributed by atoms with Crippen LogP contribution in [0.15, 0.2) is 5.16 Å². The molecule has 0 saturated heterocycles. The fraction of sp³-hybridized carbons (Fsp3) is 0.714. The summed E-state index contributed by atoms with van der Waals surface area (Å²) in [6.07, 6.45) is 0.974. The summed E-state index contributed by atoms with van der Waals surface area (Å²) >= 11 is 0. The van der Waals surface area contributed by atoms with Crippen LogP contribution in [0.5, 0.6) is 0 Å². The summed E-state index contributed by atoms with van der Waals surface area (Å²) in [5.41, 5.74) is 5.21. The number of nitrogens with two attached hydrogens (primary N) is 1. The van der Waals surface area contributed by atoms with Crippen molar-refractivity contribution in [1.82, 2.24) is 4.90 Å². The quantitative estimate of drug-likeness (QED) is 0.265. The lowest BCUT2D eigenvalue weighted by atomic mass is 10.4. The van der Waals surface area contributed by atoms with Crippen LogP contribution in [0.1, 0.15) is 6.92 Å². The van der Waals surface area contributed by atoms with Gasteiger partial charge in [-0.05, 0) is 6.92 Å². The maximum absolute atomic E-state index is 11.4. The van der Waals surface area contributed by atoms with E-state index in [4.69, 9.17) is 10.9 Å². The summed E-state index contributed by atoms with van der Waals surface area (Å²) < 4.78 is 21.7. The number of oxime groups is 1. The first-order valence-electron chi connectivity index (χ1n) is 4.22. The van der Waals surface area contributed by atoms with Crippen molar-refractivity contribution in [2.75, 3.05) is 25.1 Å². The van der Waals surface area contributed by atoms with Crippen molar-refractivity contribution >= 4 is 21.6 Å². The smallest absolute Gasteiger partial charge is 0.238 e. The summed E-state index contributed by atoms with van der Waals surface area (Å²) in [6.45, 7) is 1.89. The first-order valence-corrected chi connectivity index (χ1v) is 6.28. The Kier molecular flexibility index (Phi) is 5.06. The first kappa shape index (κ1) is 13.7. The highest BCUT2D eigenvalue weighted by atomic mass is 32.2. The summed E-state index contributed by atoms with van der Waals surface area (Å²) in [4.78, 5) is 12.6. The molecule has 7 nitrogen and oxygen atoms in total. The number of sulfone groups is 1. The van der Waals surface area contributed by atoms with Crippen LogP contribution in [0.2, 0.25) is 0 Å². The van der Waals surface area contributed by atoms with E-state index < -0.39 is 21.5 Å². The minimum atomic E-state index is -3.36. The maximum atomic E-state index is 11.4. The van der Waals surface area contributed by atoms with Crippen LogP contribution >= 0.6 is 0 Å². The molecule has 0 unspecified atom stereocenters. The van der Waals surface area contributed by atoms with Gasteiger partial charge >= 0.3 is 0 Å². The molecule has 0 saturated carbocycles. The second-order valence-electron chi connectivity index (χ2n) is 3.07. The molecule has 0 aromatic heterocycles. The van der Waals surface area contributed by atoms with Gasteiger partial charge in [0.25, 0.3) is 0 Å². The van der Waals surface area contributed by atoms with Crippen LogP contribution in [-0.4, -0.2) is 55.4 Å². The van der Waals surface area contributed by atoms with E-state index in [1.54, 1.807) is 6.92 Å². The molecule has 0 spiro atoms. The summed E-state index contributed by atoms with van der Waals surface area (Å²) in [6, 6.07) is 0. The molecule has 3 N–H and O–H groups in total. The molecule has 0 aliphatic rings. The maximum Gasteiger partial charge on any atom is 0.238 e. The van der Waals surface area contributed by atoms with Crippen LogP contribution in [-0.2, 0) is 14.6 Å². The van der Waals surface area contributed by atoms with Gasteiger partial charge in [0, 0.05) is 12.8 Å². The standard InChI is InChI=1S/C7H15N3O4S/c1-3-10(4-6(8)9-12)7(11)5-15(2,13)14/h12H,3-5H2,1-2H3,(H2,8,9). The van der Waals surface area contributed by atoms with Gasteiger partial charge in [0.15, 0.2) is 15.7 Å². The number of amides is 1. The van der Waals surface area contributed by atoms with Crippen molar-refractivity contribution in [3.8, 4) is 0 Å². The zero-order chi connectivity index (χ0) is 12.1. The lowest BCUT2D eigenvalue weighted by Gasteiger charge is -2.19. The predicted octanol–water partition coefficient (Wildman–Crippen LogP) is -1.37. The van der Waals surface area contributed by atoms with Crippen molar-refractivity contribution < 1.29 is 18.4 Å². The third-order valence-electron chi connectivity index (χ3n) is 1.60. The molecule has 0 bridgehead atoms. The zero-order valence-corrected chi connectivity index (χ0v) is 9.49. The van der Waals surface area contributed by atoms with Gasteiger partial charge in [0.2, 0.25) is 5.91 Å². The van der Waals surface area contributed by atoms with Gasteiger partial charge in [-0.15, -0.1) is 0 Å². The Labute approximate surface area is 88.5 Å². The van der Waals surface area contributed by atoms with E-state index >= 15 is 0 Å². The molecule has 0 aromatic rings. The SMILES string of the molecule is CCN(CC(N)=NO)C(=O)CS(C)(=O)=O. The van der Waals surface area contributed by atoms with Crippen molar-refractivity contribution in [2.45, 2.75) is 6.92 Å². The highest BCUT2D eigenvalue weighted by Crippen LogP contribution is 1.93. The number of rotatable bonds is 5. The molecule has 0 radical (unpaired) electrons. The molecule has 0 rings (SSSR count).